The Balaban J connectivity index is 0.000000424. The first-order valence-corrected chi connectivity index (χ1v) is 4.40. The second-order valence-electron chi connectivity index (χ2n) is 3.10. The molecule has 0 aromatic rings. The van der Waals surface area contributed by atoms with Crippen molar-refractivity contribution in [1.82, 2.24) is 0 Å². The van der Waals surface area contributed by atoms with Crippen molar-refractivity contribution in [3.63, 3.8) is 0 Å². The first-order valence-electron chi connectivity index (χ1n) is 4.40. The van der Waals surface area contributed by atoms with Gasteiger partial charge in [0.15, 0.2) is 0 Å². The highest BCUT2D eigenvalue weighted by molar-refractivity contribution is 4.71. The van der Waals surface area contributed by atoms with Gasteiger partial charge in [-0.1, -0.05) is 19.3 Å². The normalized spacial score (nSPS) is 18.4. The maximum Gasteiger partial charge on any atom is 0.391 e. The highest BCUT2D eigenvalue weighted by Gasteiger charge is 2.39. The third-order valence-corrected chi connectivity index (χ3v) is 2.07. The van der Waals surface area contributed by atoms with Crippen molar-refractivity contribution in [2.24, 2.45) is 5.92 Å². The van der Waals surface area contributed by atoms with Crippen LogP contribution in [0.2, 0.25) is 0 Å². The van der Waals surface area contributed by atoms with Gasteiger partial charge >= 0.3 is 6.18 Å². The Hall–Kier alpha value is -0.720. The molecule has 0 heterocycles. The lowest BCUT2D eigenvalue weighted by atomic mass is 9.89. The summed E-state index contributed by atoms with van der Waals surface area (Å²) >= 11 is 0. The van der Waals surface area contributed by atoms with Gasteiger partial charge in [0.25, 0.3) is 0 Å². The fourth-order valence-electron chi connectivity index (χ4n) is 1.43. The quantitative estimate of drug-likeness (QED) is 0.576. The Labute approximate surface area is 76.5 Å². The van der Waals surface area contributed by atoms with E-state index in [2.05, 4.69) is 0 Å². The van der Waals surface area contributed by atoms with E-state index in [1.54, 1.807) is 6.07 Å². The summed E-state index contributed by atoms with van der Waals surface area (Å²) in [6.45, 7) is 1.43. The minimum Gasteiger partial charge on any atom is -0.199 e. The summed E-state index contributed by atoms with van der Waals surface area (Å²) in [6.07, 6.45) is -0.742. The molecule has 0 bridgehead atoms. The lowest BCUT2D eigenvalue weighted by Crippen LogP contribution is -2.24. The maximum atomic E-state index is 11.9. The van der Waals surface area contributed by atoms with Crippen LogP contribution in [0, 0.1) is 17.2 Å². The molecular formula is C9H14F3N. The van der Waals surface area contributed by atoms with E-state index in [1.165, 1.54) is 6.92 Å². The van der Waals surface area contributed by atoms with Gasteiger partial charge < -0.3 is 0 Å². The van der Waals surface area contributed by atoms with Crippen LogP contribution in [0.4, 0.5) is 13.2 Å². The van der Waals surface area contributed by atoms with Crippen LogP contribution < -0.4 is 0 Å². The Morgan fingerprint density at radius 3 is 1.77 bits per heavy atom. The lowest BCUT2D eigenvalue weighted by Gasteiger charge is -2.23. The molecule has 1 fully saturated rings. The molecule has 1 aliphatic rings. The highest BCUT2D eigenvalue weighted by Crippen LogP contribution is 2.37. The molecule has 4 heteroatoms. The molecule has 0 saturated heterocycles. The fraction of sp³-hybridized carbons (Fsp3) is 0.889. The molecule has 1 rings (SSSR count). The molecule has 1 nitrogen and oxygen atoms in total. The van der Waals surface area contributed by atoms with Crippen LogP contribution in [0.5, 0.6) is 0 Å². The van der Waals surface area contributed by atoms with E-state index in [-0.39, 0.29) is 0 Å². The molecule has 0 aromatic carbocycles. The largest absolute Gasteiger partial charge is 0.391 e. The molecule has 1 aliphatic carbocycles. The average Bonchev–Trinajstić information content (AvgIpc) is 2.06. The highest BCUT2D eigenvalue weighted by atomic mass is 19.4. The van der Waals surface area contributed by atoms with Gasteiger partial charge in [-0.3, -0.25) is 0 Å². The summed E-state index contributed by atoms with van der Waals surface area (Å²) in [7, 11) is 0. The second kappa shape index (κ2) is 5.85. The number of rotatable bonds is 0. The maximum absolute atomic E-state index is 11.9. The molecule has 0 aliphatic heterocycles. The van der Waals surface area contributed by atoms with Gasteiger partial charge in [-0.2, -0.15) is 18.4 Å². The molecule has 76 valence electrons. The predicted molar refractivity (Wildman–Crippen MR) is 43.9 cm³/mol. The fourth-order valence-corrected chi connectivity index (χ4v) is 1.43. The monoisotopic (exact) mass is 193 g/mol. The van der Waals surface area contributed by atoms with Crippen molar-refractivity contribution in [1.29, 1.82) is 5.26 Å². The first-order chi connectivity index (χ1) is 6.02. The Kier molecular flexibility index (Phi) is 5.52. The number of halogens is 3. The van der Waals surface area contributed by atoms with E-state index in [9.17, 15) is 13.2 Å². The van der Waals surface area contributed by atoms with Crippen molar-refractivity contribution in [2.45, 2.75) is 45.2 Å². The number of hydrogen-bond acceptors (Lipinski definition) is 1. The van der Waals surface area contributed by atoms with Crippen LogP contribution >= 0.6 is 0 Å². The zero-order chi connectivity index (χ0) is 10.3. The molecule has 0 unspecified atom stereocenters. The van der Waals surface area contributed by atoms with Gasteiger partial charge in [-0.15, -0.1) is 0 Å². The van der Waals surface area contributed by atoms with Crippen LogP contribution in [-0.2, 0) is 0 Å². The summed E-state index contributed by atoms with van der Waals surface area (Å²) in [4.78, 5) is 0. The Morgan fingerprint density at radius 1 is 1.15 bits per heavy atom. The molecule has 0 N–H and O–H groups in total. The molecule has 0 amide bonds. The van der Waals surface area contributed by atoms with E-state index in [1.807, 2.05) is 0 Å². The van der Waals surface area contributed by atoms with Crippen LogP contribution in [0.3, 0.4) is 0 Å². The number of hydrogen-bond donors (Lipinski definition) is 0. The van der Waals surface area contributed by atoms with Crippen LogP contribution in [0.15, 0.2) is 0 Å². The average molecular weight is 193 g/mol. The van der Waals surface area contributed by atoms with Gasteiger partial charge in [0.05, 0.1) is 12.0 Å². The summed E-state index contributed by atoms with van der Waals surface area (Å²) < 4.78 is 35.8. The zero-order valence-corrected chi connectivity index (χ0v) is 7.69. The van der Waals surface area contributed by atoms with Crippen molar-refractivity contribution in [2.75, 3.05) is 0 Å². The van der Waals surface area contributed by atoms with Crippen LogP contribution in [-0.4, -0.2) is 6.18 Å². The second-order valence-corrected chi connectivity index (χ2v) is 3.10. The first kappa shape index (κ1) is 12.3. The summed E-state index contributed by atoms with van der Waals surface area (Å²) in [5.41, 5.74) is 0. The van der Waals surface area contributed by atoms with E-state index in [0.29, 0.717) is 12.8 Å². The Bertz CT molecular complexity index is 163. The topological polar surface area (TPSA) is 23.8 Å². The SMILES string of the molecule is CC#N.FC(F)(F)C1CCCCC1. The molecule has 0 spiro atoms. The molecule has 0 atom stereocenters. The molecule has 13 heavy (non-hydrogen) atoms. The molecule has 0 radical (unpaired) electrons. The van der Waals surface area contributed by atoms with Crippen molar-refractivity contribution in [3.8, 4) is 6.07 Å². The molecular weight excluding hydrogens is 179 g/mol. The summed E-state index contributed by atoms with van der Waals surface area (Å²) in [6, 6.07) is 1.75. The zero-order valence-electron chi connectivity index (χ0n) is 7.69. The predicted octanol–water partition coefficient (Wildman–Crippen LogP) is 3.66. The van der Waals surface area contributed by atoms with Crippen molar-refractivity contribution < 1.29 is 13.2 Å². The van der Waals surface area contributed by atoms with Crippen molar-refractivity contribution >= 4 is 0 Å². The van der Waals surface area contributed by atoms with E-state index in [4.69, 9.17) is 5.26 Å². The number of alkyl halides is 3. The minimum atomic E-state index is -3.93. The number of nitrogens with zero attached hydrogens (tertiary/aromatic N) is 1. The van der Waals surface area contributed by atoms with E-state index < -0.39 is 12.1 Å². The van der Waals surface area contributed by atoms with Crippen molar-refractivity contribution in [3.05, 3.63) is 0 Å². The summed E-state index contributed by atoms with van der Waals surface area (Å²) in [5.74, 6) is -0.999. The third kappa shape index (κ3) is 5.51. The van der Waals surface area contributed by atoms with Gasteiger partial charge in [0.1, 0.15) is 0 Å². The lowest BCUT2D eigenvalue weighted by molar-refractivity contribution is -0.181. The molecule has 1 saturated carbocycles. The Morgan fingerprint density at radius 2 is 1.54 bits per heavy atom. The third-order valence-electron chi connectivity index (χ3n) is 2.07. The van der Waals surface area contributed by atoms with E-state index >= 15 is 0 Å². The number of nitriles is 1. The van der Waals surface area contributed by atoms with Crippen LogP contribution in [0.25, 0.3) is 0 Å². The minimum absolute atomic E-state index is 0.351. The van der Waals surface area contributed by atoms with E-state index in [0.717, 1.165) is 19.3 Å². The standard InChI is InChI=1S/C7H11F3.C2H3N/c8-7(9,10)6-4-2-1-3-5-6;1-2-3/h6H,1-5H2;1H3. The van der Waals surface area contributed by atoms with Gasteiger partial charge in [-0.05, 0) is 12.8 Å². The van der Waals surface area contributed by atoms with Gasteiger partial charge in [-0.25, -0.2) is 0 Å². The van der Waals surface area contributed by atoms with Gasteiger partial charge in [0, 0.05) is 6.92 Å². The van der Waals surface area contributed by atoms with Gasteiger partial charge in [0.2, 0.25) is 0 Å². The molecule has 0 aromatic heterocycles. The smallest absolute Gasteiger partial charge is 0.199 e. The summed E-state index contributed by atoms with van der Waals surface area (Å²) in [5, 5.41) is 7.32. The van der Waals surface area contributed by atoms with Crippen LogP contribution in [0.1, 0.15) is 39.0 Å².